The van der Waals surface area contributed by atoms with Gasteiger partial charge in [0.1, 0.15) is 0 Å². The van der Waals surface area contributed by atoms with E-state index in [1.54, 1.807) is 18.6 Å². The fourth-order valence-corrected chi connectivity index (χ4v) is 3.18. The number of pyridine rings is 2. The van der Waals surface area contributed by atoms with E-state index in [0.717, 1.165) is 25.1 Å². The van der Waals surface area contributed by atoms with Crippen molar-refractivity contribution in [3.05, 3.63) is 60.2 Å². The summed E-state index contributed by atoms with van der Waals surface area (Å²) < 4.78 is 0. The summed E-state index contributed by atoms with van der Waals surface area (Å²) in [7, 11) is 0. The van der Waals surface area contributed by atoms with Crippen molar-refractivity contribution in [2.75, 3.05) is 13.1 Å². The van der Waals surface area contributed by atoms with E-state index in [9.17, 15) is 4.79 Å². The van der Waals surface area contributed by atoms with Gasteiger partial charge < -0.3 is 10.2 Å². The lowest BCUT2D eigenvalue weighted by Gasteiger charge is -2.40. The SMILES string of the molecule is CC(C)(C)C[C@H](NC(=O)N1CC(c2ccncc2)C1)c1cccnc1. The second kappa shape index (κ2) is 7.21. The fraction of sp³-hybridized carbons (Fsp3) is 0.450. The Hall–Kier alpha value is -2.43. The van der Waals surface area contributed by atoms with Gasteiger partial charge in [0.15, 0.2) is 0 Å². The van der Waals surface area contributed by atoms with E-state index in [1.165, 1.54) is 5.56 Å². The van der Waals surface area contributed by atoms with Crippen molar-refractivity contribution >= 4 is 6.03 Å². The van der Waals surface area contributed by atoms with E-state index in [1.807, 2.05) is 35.4 Å². The summed E-state index contributed by atoms with van der Waals surface area (Å²) in [5, 5.41) is 3.20. The first-order chi connectivity index (χ1) is 11.9. The van der Waals surface area contributed by atoms with Gasteiger partial charge in [0.05, 0.1) is 6.04 Å². The summed E-state index contributed by atoms with van der Waals surface area (Å²) in [6.45, 7) is 8.07. The van der Waals surface area contributed by atoms with Crippen LogP contribution in [0.1, 0.15) is 50.3 Å². The molecule has 1 saturated heterocycles. The van der Waals surface area contributed by atoms with Gasteiger partial charge in [0.25, 0.3) is 0 Å². The third kappa shape index (κ3) is 4.56. The summed E-state index contributed by atoms with van der Waals surface area (Å²) in [6.07, 6.45) is 8.08. The number of aromatic nitrogens is 2. The summed E-state index contributed by atoms with van der Waals surface area (Å²) in [6, 6.07) is 7.97. The molecule has 2 aromatic rings. The third-order valence-electron chi connectivity index (χ3n) is 4.55. The highest BCUT2D eigenvalue weighted by atomic mass is 16.2. The van der Waals surface area contributed by atoms with Gasteiger partial charge in [-0.2, -0.15) is 0 Å². The van der Waals surface area contributed by atoms with Crippen LogP contribution in [0.15, 0.2) is 49.1 Å². The number of amides is 2. The van der Waals surface area contributed by atoms with Crippen molar-refractivity contribution in [1.29, 1.82) is 0 Å². The Kier molecular flexibility index (Phi) is 5.02. The van der Waals surface area contributed by atoms with Crippen LogP contribution in [0, 0.1) is 5.41 Å². The molecule has 25 heavy (non-hydrogen) atoms. The highest BCUT2D eigenvalue weighted by molar-refractivity contribution is 5.76. The molecule has 1 aliphatic heterocycles. The molecule has 2 aromatic heterocycles. The molecule has 132 valence electrons. The van der Waals surface area contributed by atoms with Crippen LogP contribution in [0.4, 0.5) is 4.79 Å². The molecule has 1 fully saturated rings. The highest BCUT2D eigenvalue weighted by Gasteiger charge is 2.33. The highest BCUT2D eigenvalue weighted by Crippen LogP contribution is 2.31. The molecule has 2 amide bonds. The predicted molar refractivity (Wildman–Crippen MR) is 98.1 cm³/mol. The molecule has 5 heteroatoms. The Morgan fingerprint density at radius 2 is 1.92 bits per heavy atom. The fourth-order valence-electron chi connectivity index (χ4n) is 3.18. The largest absolute Gasteiger partial charge is 0.331 e. The minimum atomic E-state index is -0.0267. The summed E-state index contributed by atoms with van der Waals surface area (Å²) >= 11 is 0. The molecule has 1 atom stereocenters. The number of rotatable bonds is 4. The Labute approximate surface area is 149 Å². The van der Waals surface area contributed by atoms with Crippen LogP contribution in [0.25, 0.3) is 0 Å². The molecule has 0 unspecified atom stereocenters. The van der Waals surface area contributed by atoms with Crippen LogP contribution >= 0.6 is 0 Å². The number of likely N-dealkylation sites (tertiary alicyclic amines) is 1. The average Bonchev–Trinajstić information content (AvgIpc) is 2.53. The maximum Gasteiger partial charge on any atom is 0.317 e. The van der Waals surface area contributed by atoms with E-state index in [0.29, 0.717) is 5.92 Å². The Balaban J connectivity index is 1.61. The first-order valence-corrected chi connectivity index (χ1v) is 8.78. The zero-order valence-corrected chi connectivity index (χ0v) is 15.1. The number of carbonyl (C=O) groups excluding carboxylic acids is 1. The van der Waals surface area contributed by atoms with Crippen molar-refractivity contribution in [1.82, 2.24) is 20.2 Å². The van der Waals surface area contributed by atoms with Gasteiger partial charge in [-0.3, -0.25) is 9.97 Å². The van der Waals surface area contributed by atoms with Gasteiger partial charge in [-0.1, -0.05) is 26.8 Å². The van der Waals surface area contributed by atoms with E-state index in [2.05, 4.69) is 36.1 Å². The predicted octanol–water partition coefficient (Wildman–Crippen LogP) is 3.76. The van der Waals surface area contributed by atoms with Crippen molar-refractivity contribution in [3.63, 3.8) is 0 Å². The molecule has 0 saturated carbocycles. The molecule has 0 spiro atoms. The molecule has 0 bridgehead atoms. The monoisotopic (exact) mass is 338 g/mol. The summed E-state index contributed by atoms with van der Waals surface area (Å²) in [4.78, 5) is 22.8. The molecular formula is C20H26N4O. The first kappa shape index (κ1) is 17.4. The standard InChI is InChI=1S/C20H26N4O/c1-20(2,3)11-18(16-5-4-8-22-12-16)23-19(25)24-13-17(14-24)15-6-9-21-10-7-15/h4-10,12,17-18H,11,13-14H2,1-3H3,(H,23,25)/t18-/m0/s1. The van der Waals surface area contributed by atoms with Crippen LogP contribution in [0.3, 0.4) is 0 Å². The zero-order chi connectivity index (χ0) is 17.9. The number of carbonyl (C=O) groups is 1. The Morgan fingerprint density at radius 1 is 1.20 bits per heavy atom. The van der Waals surface area contributed by atoms with Crippen LogP contribution in [-0.2, 0) is 0 Å². The maximum atomic E-state index is 12.7. The maximum absolute atomic E-state index is 12.7. The average molecular weight is 338 g/mol. The van der Waals surface area contributed by atoms with Gasteiger partial charge in [-0.15, -0.1) is 0 Å². The minimum Gasteiger partial charge on any atom is -0.331 e. The molecule has 0 radical (unpaired) electrons. The number of hydrogen-bond donors (Lipinski definition) is 1. The Bertz CT molecular complexity index is 691. The van der Waals surface area contributed by atoms with Crippen LogP contribution < -0.4 is 5.32 Å². The van der Waals surface area contributed by atoms with Crippen LogP contribution in [-0.4, -0.2) is 34.0 Å². The third-order valence-corrected chi connectivity index (χ3v) is 4.55. The van der Waals surface area contributed by atoms with Gasteiger partial charge in [-0.25, -0.2) is 4.79 Å². The minimum absolute atomic E-state index is 0.00316. The van der Waals surface area contributed by atoms with Gasteiger partial charge in [0, 0.05) is 43.8 Å². The molecule has 1 N–H and O–H groups in total. The molecule has 1 aliphatic rings. The quantitative estimate of drug-likeness (QED) is 0.923. The number of hydrogen-bond acceptors (Lipinski definition) is 3. The van der Waals surface area contributed by atoms with E-state index in [4.69, 9.17) is 0 Å². The lowest BCUT2D eigenvalue weighted by Crippen LogP contribution is -2.53. The normalized spacial score (nSPS) is 16.2. The summed E-state index contributed by atoms with van der Waals surface area (Å²) in [5.41, 5.74) is 2.41. The van der Waals surface area contributed by atoms with Crippen molar-refractivity contribution < 1.29 is 4.79 Å². The van der Waals surface area contributed by atoms with E-state index in [-0.39, 0.29) is 17.5 Å². The molecular weight excluding hydrogens is 312 g/mol. The molecule has 0 aromatic carbocycles. The smallest absolute Gasteiger partial charge is 0.317 e. The van der Waals surface area contributed by atoms with Crippen molar-refractivity contribution in [3.8, 4) is 0 Å². The molecule has 3 heterocycles. The van der Waals surface area contributed by atoms with Crippen LogP contribution in [0.2, 0.25) is 0 Å². The topological polar surface area (TPSA) is 58.1 Å². The molecule has 5 nitrogen and oxygen atoms in total. The lowest BCUT2D eigenvalue weighted by atomic mass is 9.86. The molecule has 0 aliphatic carbocycles. The zero-order valence-electron chi connectivity index (χ0n) is 15.1. The van der Waals surface area contributed by atoms with Gasteiger partial charge in [0.2, 0.25) is 0 Å². The van der Waals surface area contributed by atoms with E-state index >= 15 is 0 Å². The number of nitrogens with zero attached hydrogens (tertiary/aromatic N) is 3. The first-order valence-electron chi connectivity index (χ1n) is 8.78. The second-order valence-electron chi connectivity index (χ2n) is 7.94. The van der Waals surface area contributed by atoms with Crippen LogP contribution in [0.5, 0.6) is 0 Å². The summed E-state index contributed by atoms with van der Waals surface area (Å²) in [5.74, 6) is 0.410. The van der Waals surface area contributed by atoms with Gasteiger partial charge in [-0.05, 0) is 41.2 Å². The lowest BCUT2D eigenvalue weighted by molar-refractivity contribution is 0.145. The number of urea groups is 1. The number of nitrogens with one attached hydrogen (secondary N) is 1. The Morgan fingerprint density at radius 3 is 2.52 bits per heavy atom. The van der Waals surface area contributed by atoms with Crippen molar-refractivity contribution in [2.24, 2.45) is 5.41 Å². The van der Waals surface area contributed by atoms with E-state index < -0.39 is 0 Å². The van der Waals surface area contributed by atoms with Gasteiger partial charge >= 0.3 is 6.03 Å². The second-order valence-corrected chi connectivity index (χ2v) is 7.94. The van der Waals surface area contributed by atoms with Crippen molar-refractivity contribution in [2.45, 2.75) is 39.2 Å². The molecule has 3 rings (SSSR count).